The minimum absolute atomic E-state index is 0.478. The maximum Gasteiger partial charge on any atom is -0.00752 e. The molecule has 0 atom stereocenters. The van der Waals surface area contributed by atoms with Crippen LogP contribution in [0.3, 0.4) is 0 Å². The molecule has 0 heteroatoms. The van der Waals surface area contributed by atoms with Gasteiger partial charge in [0, 0.05) is 0 Å². The van der Waals surface area contributed by atoms with E-state index in [2.05, 4.69) is 38.1 Å². The van der Waals surface area contributed by atoms with Gasteiger partial charge in [0.1, 0.15) is 0 Å². The molecule has 14 heavy (non-hydrogen) atoms. The third kappa shape index (κ3) is 1.70. The van der Waals surface area contributed by atoms with Crippen molar-refractivity contribution in [3.8, 4) is 0 Å². The van der Waals surface area contributed by atoms with Crippen molar-refractivity contribution in [3.05, 3.63) is 35.4 Å². The molecule has 0 spiro atoms. The average molecular weight is 188 g/mol. The molecule has 0 aliphatic heterocycles. The van der Waals surface area contributed by atoms with Crippen LogP contribution in [0.2, 0.25) is 0 Å². The van der Waals surface area contributed by atoms with E-state index in [4.69, 9.17) is 0 Å². The summed E-state index contributed by atoms with van der Waals surface area (Å²) in [6, 6.07) is 9.26. The van der Waals surface area contributed by atoms with Crippen molar-refractivity contribution in [1.82, 2.24) is 0 Å². The smallest absolute Gasteiger partial charge is 0.00752 e. The Morgan fingerprint density at radius 1 is 1.07 bits per heavy atom. The van der Waals surface area contributed by atoms with E-state index in [9.17, 15) is 0 Å². The van der Waals surface area contributed by atoms with Gasteiger partial charge < -0.3 is 0 Å². The lowest BCUT2D eigenvalue weighted by Crippen LogP contribution is -2.16. The zero-order valence-corrected chi connectivity index (χ0v) is 9.34. The number of hydrogen-bond acceptors (Lipinski definition) is 0. The van der Waals surface area contributed by atoms with Crippen molar-refractivity contribution in [3.63, 3.8) is 0 Å². The fourth-order valence-electron chi connectivity index (χ4n) is 2.59. The molecule has 1 aliphatic carbocycles. The first-order chi connectivity index (χ1) is 6.74. The molecule has 1 saturated carbocycles. The van der Waals surface area contributed by atoms with E-state index >= 15 is 0 Å². The van der Waals surface area contributed by atoms with Crippen LogP contribution in [0.1, 0.15) is 50.7 Å². The van der Waals surface area contributed by atoms with Gasteiger partial charge in [-0.3, -0.25) is 0 Å². The van der Waals surface area contributed by atoms with Crippen LogP contribution in [0.4, 0.5) is 0 Å². The van der Waals surface area contributed by atoms with Crippen molar-refractivity contribution in [2.45, 2.75) is 51.4 Å². The Kier molecular flexibility index (Phi) is 2.62. The lowest BCUT2D eigenvalue weighted by Gasteiger charge is -2.24. The molecule has 2 rings (SSSR count). The van der Waals surface area contributed by atoms with E-state index in [1.807, 2.05) is 0 Å². The molecule has 76 valence electrons. The highest BCUT2D eigenvalue weighted by Crippen LogP contribution is 2.40. The fraction of sp³-hybridized carbons (Fsp3) is 0.571. The van der Waals surface area contributed by atoms with E-state index in [0.29, 0.717) is 5.41 Å². The van der Waals surface area contributed by atoms with Gasteiger partial charge in [-0.15, -0.1) is 0 Å². The van der Waals surface area contributed by atoms with Gasteiger partial charge >= 0.3 is 0 Å². The molecule has 0 radical (unpaired) electrons. The summed E-state index contributed by atoms with van der Waals surface area (Å²) in [6.07, 6.45) is 6.71. The van der Waals surface area contributed by atoms with Gasteiger partial charge in [0.25, 0.3) is 0 Å². The van der Waals surface area contributed by atoms with E-state index in [1.165, 1.54) is 31.2 Å². The monoisotopic (exact) mass is 188 g/mol. The molecule has 1 aliphatic rings. The molecule has 0 N–H and O–H groups in total. The van der Waals surface area contributed by atoms with E-state index in [-0.39, 0.29) is 0 Å². The highest BCUT2D eigenvalue weighted by Gasteiger charge is 2.29. The zero-order valence-electron chi connectivity index (χ0n) is 9.34. The van der Waals surface area contributed by atoms with Crippen LogP contribution < -0.4 is 0 Å². The van der Waals surface area contributed by atoms with Crippen molar-refractivity contribution in [2.75, 3.05) is 0 Å². The Balaban J connectivity index is 2.23. The first kappa shape index (κ1) is 9.76. The number of benzene rings is 1. The highest BCUT2D eigenvalue weighted by molar-refractivity contribution is 5.29. The number of hydrogen-bond donors (Lipinski definition) is 0. The lowest BCUT2D eigenvalue weighted by atomic mass is 9.81. The van der Waals surface area contributed by atoms with Gasteiger partial charge in [-0.2, -0.15) is 0 Å². The van der Waals surface area contributed by atoms with Gasteiger partial charge in [0.05, 0.1) is 0 Å². The molecular formula is C14H20. The maximum atomic E-state index is 2.42. The summed E-state index contributed by atoms with van der Waals surface area (Å²) >= 11 is 0. The fourth-order valence-corrected chi connectivity index (χ4v) is 2.59. The summed E-state index contributed by atoms with van der Waals surface area (Å²) < 4.78 is 0. The van der Waals surface area contributed by atoms with Crippen molar-refractivity contribution >= 4 is 0 Å². The third-order valence-corrected chi connectivity index (χ3v) is 3.77. The molecule has 0 bridgehead atoms. The van der Waals surface area contributed by atoms with Crippen molar-refractivity contribution < 1.29 is 0 Å². The summed E-state index contributed by atoms with van der Waals surface area (Å²) in [4.78, 5) is 0. The molecule has 1 aromatic rings. The van der Waals surface area contributed by atoms with Gasteiger partial charge in [-0.25, -0.2) is 0 Å². The van der Waals surface area contributed by atoms with Crippen LogP contribution >= 0.6 is 0 Å². The third-order valence-electron chi connectivity index (χ3n) is 3.77. The second kappa shape index (κ2) is 3.76. The molecular weight excluding hydrogens is 168 g/mol. The van der Waals surface area contributed by atoms with Crippen molar-refractivity contribution in [1.29, 1.82) is 0 Å². The standard InChI is InChI=1S/C14H20/c1-3-12-6-8-13(9-7-12)14(2)10-4-5-11-14/h6-9H,3-5,10-11H2,1-2H3. The van der Waals surface area contributed by atoms with Gasteiger partial charge in [-0.1, -0.05) is 51.0 Å². The predicted molar refractivity (Wildman–Crippen MR) is 61.6 cm³/mol. The SMILES string of the molecule is CCc1ccc(C2(C)CCCC2)cc1. The van der Waals surface area contributed by atoms with Gasteiger partial charge in [0.15, 0.2) is 0 Å². The average Bonchev–Trinajstić information content (AvgIpc) is 2.67. The number of aryl methyl sites for hydroxylation is 1. The van der Waals surface area contributed by atoms with Crippen LogP contribution in [-0.4, -0.2) is 0 Å². The Hall–Kier alpha value is -0.780. The second-order valence-electron chi connectivity index (χ2n) is 4.82. The number of rotatable bonds is 2. The molecule has 1 fully saturated rings. The molecule has 1 aromatic carbocycles. The summed E-state index contributed by atoms with van der Waals surface area (Å²) in [5, 5.41) is 0. The maximum absolute atomic E-state index is 2.42. The summed E-state index contributed by atoms with van der Waals surface area (Å²) in [5.41, 5.74) is 3.48. The molecule has 0 saturated heterocycles. The first-order valence-electron chi connectivity index (χ1n) is 5.84. The van der Waals surface area contributed by atoms with E-state index in [1.54, 1.807) is 5.56 Å². The lowest BCUT2D eigenvalue weighted by molar-refractivity contribution is 0.491. The summed E-state index contributed by atoms with van der Waals surface area (Å²) in [5.74, 6) is 0. The Labute approximate surface area is 87.3 Å². The Bertz CT molecular complexity index is 288. The van der Waals surface area contributed by atoms with E-state index in [0.717, 1.165) is 6.42 Å². The quantitative estimate of drug-likeness (QED) is 0.656. The summed E-state index contributed by atoms with van der Waals surface area (Å²) in [7, 11) is 0. The van der Waals surface area contributed by atoms with Gasteiger partial charge in [-0.05, 0) is 35.8 Å². The first-order valence-corrected chi connectivity index (χ1v) is 5.84. The molecule has 0 unspecified atom stereocenters. The highest BCUT2D eigenvalue weighted by atomic mass is 14.3. The predicted octanol–water partition coefficient (Wildman–Crippen LogP) is 4.08. The van der Waals surface area contributed by atoms with Crippen LogP contribution in [0.15, 0.2) is 24.3 Å². The minimum atomic E-state index is 0.478. The Morgan fingerprint density at radius 2 is 1.64 bits per heavy atom. The van der Waals surface area contributed by atoms with Gasteiger partial charge in [0.2, 0.25) is 0 Å². The Morgan fingerprint density at radius 3 is 2.14 bits per heavy atom. The normalized spacial score (nSPS) is 19.9. The zero-order chi connectivity index (χ0) is 10.0. The second-order valence-corrected chi connectivity index (χ2v) is 4.82. The topological polar surface area (TPSA) is 0 Å². The molecule has 0 amide bonds. The van der Waals surface area contributed by atoms with Crippen LogP contribution in [0, 0.1) is 0 Å². The summed E-state index contributed by atoms with van der Waals surface area (Å²) in [6.45, 7) is 4.63. The molecule has 0 nitrogen and oxygen atoms in total. The largest absolute Gasteiger partial charge is 0.0613 e. The van der Waals surface area contributed by atoms with Crippen molar-refractivity contribution in [2.24, 2.45) is 0 Å². The minimum Gasteiger partial charge on any atom is -0.0613 e. The molecule has 0 aromatic heterocycles. The van der Waals surface area contributed by atoms with E-state index < -0.39 is 0 Å². The van der Waals surface area contributed by atoms with Crippen LogP contribution in [-0.2, 0) is 11.8 Å². The van der Waals surface area contributed by atoms with Crippen LogP contribution in [0.5, 0.6) is 0 Å². The molecule has 0 heterocycles. The van der Waals surface area contributed by atoms with Crippen LogP contribution in [0.25, 0.3) is 0 Å².